The van der Waals surface area contributed by atoms with Gasteiger partial charge in [-0.25, -0.2) is 0 Å². The number of rotatable bonds is 4. The van der Waals surface area contributed by atoms with E-state index in [1.54, 1.807) is 22.9 Å². The van der Waals surface area contributed by atoms with Crippen molar-refractivity contribution in [3.05, 3.63) is 45.7 Å². The average molecular weight is 298 g/mol. The molecule has 0 radical (unpaired) electrons. The van der Waals surface area contributed by atoms with Crippen LogP contribution in [0, 0.1) is 0 Å². The molecule has 1 heterocycles. The maximum Gasteiger partial charge on any atom is 0.212 e. The van der Waals surface area contributed by atoms with Crippen molar-refractivity contribution in [2.45, 2.75) is 19.9 Å². The highest BCUT2D eigenvalue weighted by molar-refractivity contribution is 6.35. The number of nitrogens with zero attached hydrogens (tertiary/aromatic N) is 2. The molecular weight excluding hydrogens is 285 g/mol. The van der Waals surface area contributed by atoms with Gasteiger partial charge in [0, 0.05) is 22.8 Å². The molecule has 19 heavy (non-hydrogen) atoms. The number of carbonyl (C=O) groups excluding carboxylic acids is 1. The summed E-state index contributed by atoms with van der Waals surface area (Å²) in [6.45, 7) is 2.63. The fourth-order valence-corrected chi connectivity index (χ4v) is 2.32. The van der Waals surface area contributed by atoms with E-state index in [1.807, 2.05) is 6.92 Å². The molecule has 2 N–H and O–H groups in total. The lowest BCUT2D eigenvalue weighted by Gasteiger charge is -2.07. The first-order valence-corrected chi connectivity index (χ1v) is 6.60. The Bertz CT molecular complexity index is 602. The number of halogens is 2. The van der Waals surface area contributed by atoms with Crippen LogP contribution < -0.4 is 5.73 Å². The van der Waals surface area contributed by atoms with E-state index in [1.165, 1.54) is 6.20 Å². The number of aryl methyl sites for hydroxylation is 1. The summed E-state index contributed by atoms with van der Waals surface area (Å²) in [6, 6.07) is 4.73. The number of nitrogen functional groups attached to an aromatic ring is 1. The van der Waals surface area contributed by atoms with Gasteiger partial charge in [-0.15, -0.1) is 0 Å². The number of anilines is 1. The molecule has 0 atom stereocenters. The molecular formula is C13H13Cl2N3O. The highest BCUT2D eigenvalue weighted by atomic mass is 35.5. The lowest BCUT2D eigenvalue weighted by molar-refractivity contribution is 0.102. The standard InChI is InChI=1S/C13H13Cl2N3O/c1-2-3-18-12(11(15)7-17-18)13(19)8-4-9(14)6-10(16)5-8/h4-7H,2-3,16H2,1H3. The van der Waals surface area contributed by atoms with Crippen LogP contribution >= 0.6 is 23.2 Å². The zero-order chi connectivity index (χ0) is 14.0. The van der Waals surface area contributed by atoms with E-state index >= 15 is 0 Å². The van der Waals surface area contributed by atoms with E-state index in [0.29, 0.717) is 33.5 Å². The molecule has 0 saturated heterocycles. The van der Waals surface area contributed by atoms with E-state index in [2.05, 4.69) is 5.10 Å². The molecule has 2 aromatic rings. The zero-order valence-electron chi connectivity index (χ0n) is 10.4. The Hall–Kier alpha value is -1.52. The Morgan fingerprint density at radius 1 is 1.37 bits per heavy atom. The Labute approximate surface area is 121 Å². The first kappa shape index (κ1) is 13.9. The highest BCUT2D eigenvalue weighted by Gasteiger charge is 2.19. The van der Waals surface area contributed by atoms with Gasteiger partial charge < -0.3 is 5.73 Å². The number of hydrogen-bond donors (Lipinski definition) is 1. The highest BCUT2D eigenvalue weighted by Crippen LogP contribution is 2.23. The minimum atomic E-state index is -0.231. The monoisotopic (exact) mass is 297 g/mol. The van der Waals surface area contributed by atoms with Crippen LogP contribution in [0.2, 0.25) is 10.0 Å². The van der Waals surface area contributed by atoms with E-state index in [0.717, 1.165) is 6.42 Å². The molecule has 1 aromatic carbocycles. The van der Waals surface area contributed by atoms with Gasteiger partial charge in [0.05, 0.1) is 11.2 Å². The van der Waals surface area contributed by atoms with Crippen molar-refractivity contribution >= 4 is 34.7 Å². The summed E-state index contributed by atoms with van der Waals surface area (Å²) in [5, 5.41) is 4.84. The summed E-state index contributed by atoms with van der Waals surface area (Å²) < 4.78 is 1.60. The molecule has 0 bridgehead atoms. The number of carbonyl (C=O) groups is 1. The van der Waals surface area contributed by atoms with Crippen LogP contribution in [0.4, 0.5) is 5.69 Å². The molecule has 6 heteroatoms. The minimum absolute atomic E-state index is 0.231. The van der Waals surface area contributed by atoms with Crippen LogP contribution in [-0.4, -0.2) is 15.6 Å². The average Bonchev–Trinajstić information content (AvgIpc) is 2.69. The molecule has 0 aliphatic rings. The second-order valence-electron chi connectivity index (χ2n) is 4.17. The van der Waals surface area contributed by atoms with Gasteiger partial charge >= 0.3 is 0 Å². The van der Waals surface area contributed by atoms with E-state index in [4.69, 9.17) is 28.9 Å². The van der Waals surface area contributed by atoms with Gasteiger partial charge in [-0.1, -0.05) is 30.1 Å². The smallest absolute Gasteiger partial charge is 0.212 e. The molecule has 0 unspecified atom stereocenters. The number of hydrogen-bond acceptors (Lipinski definition) is 3. The van der Waals surface area contributed by atoms with Crippen molar-refractivity contribution in [2.24, 2.45) is 0 Å². The third-order valence-electron chi connectivity index (χ3n) is 2.63. The molecule has 0 saturated carbocycles. The predicted octanol–water partition coefficient (Wildman–Crippen LogP) is 3.41. The van der Waals surface area contributed by atoms with Crippen molar-refractivity contribution in [3.63, 3.8) is 0 Å². The molecule has 0 aliphatic heterocycles. The van der Waals surface area contributed by atoms with Gasteiger partial charge in [0.2, 0.25) is 5.78 Å². The predicted molar refractivity (Wildman–Crippen MR) is 76.8 cm³/mol. The first-order valence-electron chi connectivity index (χ1n) is 5.85. The van der Waals surface area contributed by atoms with Crippen LogP contribution in [0.3, 0.4) is 0 Å². The molecule has 0 fully saturated rings. The summed E-state index contributed by atoms with van der Waals surface area (Å²) in [4.78, 5) is 12.5. The molecule has 2 rings (SSSR count). The van der Waals surface area contributed by atoms with Gasteiger partial charge in [-0.05, 0) is 24.6 Å². The largest absolute Gasteiger partial charge is 0.399 e. The van der Waals surface area contributed by atoms with Crippen molar-refractivity contribution in [1.29, 1.82) is 0 Å². The van der Waals surface area contributed by atoms with Crippen molar-refractivity contribution in [3.8, 4) is 0 Å². The van der Waals surface area contributed by atoms with Crippen LogP contribution in [0.5, 0.6) is 0 Å². The van der Waals surface area contributed by atoms with Gasteiger partial charge in [0.25, 0.3) is 0 Å². The van der Waals surface area contributed by atoms with Gasteiger partial charge in [-0.3, -0.25) is 9.48 Å². The van der Waals surface area contributed by atoms with E-state index < -0.39 is 0 Å². The minimum Gasteiger partial charge on any atom is -0.399 e. The van der Waals surface area contributed by atoms with Gasteiger partial charge in [0.15, 0.2) is 0 Å². The number of aromatic nitrogens is 2. The van der Waals surface area contributed by atoms with Crippen LogP contribution in [0.15, 0.2) is 24.4 Å². The summed E-state index contributed by atoms with van der Waals surface area (Å²) >= 11 is 11.9. The van der Waals surface area contributed by atoms with E-state index in [9.17, 15) is 4.79 Å². The topological polar surface area (TPSA) is 60.9 Å². The lowest BCUT2D eigenvalue weighted by atomic mass is 10.1. The van der Waals surface area contributed by atoms with Crippen molar-refractivity contribution < 1.29 is 4.79 Å². The first-order chi connectivity index (χ1) is 9.02. The molecule has 1 aromatic heterocycles. The molecule has 0 aliphatic carbocycles. The lowest BCUT2D eigenvalue weighted by Crippen LogP contribution is -2.12. The maximum atomic E-state index is 12.5. The maximum absolute atomic E-state index is 12.5. The fraction of sp³-hybridized carbons (Fsp3) is 0.231. The van der Waals surface area contributed by atoms with Crippen molar-refractivity contribution in [2.75, 3.05) is 5.73 Å². The van der Waals surface area contributed by atoms with Crippen LogP contribution in [-0.2, 0) is 6.54 Å². The van der Waals surface area contributed by atoms with Gasteiger partial charge in [0.1, 0.15) is 5.69 Å². The second-order valence-corrected chi connectivity index (χ2v) is 5.01. The summed E-state index contributed by atoms with van der Waals surface area (Å²) in [6.07, 6.45) is 2.33. The third-order valence-corrected chi connectivity index (χ3v) is 3.12. The quantitative estimate of drug-likeness (QED) is 0.695. The Morgan fingerprint density at radius 3 is 2.74 bits per heavy atom. The van der Waals surface area contributed by atoms with Gasteiger partial charge in [-0.2, -0.15) is 5.10 Å². The second kappa shape index (κ2) is 5.63. The van der Waals surface area contributed by atoms with E-state index in [-0.39, 0.29) is 5.78 Å². The SMILES string of the molecule is CCCn1ncc(Cl)c1C(=O)c1cc(N)cc(Cl)c1. The Balaban J connectivity index is 2.46. The Kier molecular flexibility index (Phi) is 4.12. The third kappa shape index (κ3) is 2.91. The molecule has 100 valence electrons. The molecule has 4 nitrogen and oxygen atoms in total. The Morgan fingerprint density at radius 2 is 2.11 bits per heavy atom. The van der Waals surface area contributed by atoms with Crippen LogP contribution in [0.25, 0.3) is 0 Å². The zero-order valence-corrected chi connectivity index (χ0v) is 11.9. The number of nitrogens with two attached hydrogens (primary N) is 1. The van der Waals surface area contributed by atoms with Crippen molar-refractivity contribution in [1.82, 2.24) is 9.78 Å². The summed E-state index contributed by atoms with van der Waals surface area (Å²) in [5.41, 5.74) is 6.90. The molecule has 0 spiro atoms. The number of benzene rings is 1. The normalized spacial score (nSPS) is 10.7. The fourth-order valence-electron chi connectivity index (χ4n) is 1.85. The summed E-state index contributed by atoms with van der Waals surface area (Å²) in [5.74, 6) is -0.231. The number of ketones is 1. The molecule has 0 amide bonds. The summed E-state index contributed by atoms with van der Waals surface area (Å²) in [7, 11) is 0. The van der Waals surface area contributed by atoms with Crippen LogP contribution in [0.1, 0.15) is 29.4 Å².